The van der Waals surface area contributed by atoms with Crippen LogP contribution in [-0.4, -0.2) is 16.6 Å². The van der Waals surface area contributed by atoms with Gasteiger partial charge in [0.15, 0.2) is 0 Å². The SMILES string of the molecule is C/C(=N/NC(=O)Cc1csc(C)n1)c1ccc(Cl)s1. The molecule has 2 rings (SSSR count). The summed E-state index contributed by atoms with van der Waals surface area (Å²) < 4.78 is 0.703. The fraction of sp³-hybridized carbons (Fsp3) is 0.250. The van der Waals surface area contributed by atoms with Crippen LogP contribution in [0.3, 0.4) is 0 Å². The minimum Gasteiger partial charge on any atom is -0.273 e. The Kier molecular flexibility index (Phi) is 4.68. The highest BCUT2D eigenvalue weighted by Crippen LogP contribution is 2.21. The second kappa shape index (κ2) is 6.27. The van der Waals surface area contributed by atoms with E-state index in [1.807, 2.05) is 25.3 Å². The lowest BCUT2D eigenvalue weighted by Crippen LogP contribution is -2.21. The first-order valence-electron chi connectivity index (χ1n) is 5.54. The minimum absolute atomic E-state index is 0.174. The molecule has 0 unspecified atom stereocenters. The lowest BCUT2D eigenvalue weighted by atomic mass is 10.3. The lowest BCUT2D eigenvalue weighted by Gasteiger charge is -1.99. The number of hydrogen-bond donors (Lipinski definition) is 1. The van der Waals surface area contributed by atoms with E-state index in [1.54, 1.807) is 6.07 Å². The molecule has 1 amide bonds. The van der Waals surface area contributed by atoms with Crippen LogP contribution in [0.1, 0.15) is 22.5 Å². The highest BCUT2D eigenvalue weighted by Gasteiger charge is 2.06. The number of hydrazone groups is 1. The highest BCUT2D eigenvalue weighted by atomic mass is 35.5. The Bertz CT molecular complexity index is 618. The third-order valence-corrected chi connectivity index (χ3v) is 4.45. The van der Waals surface area contributed by atoms with E-state index in [0.29, 0.717) is 4.34 Å². The largest absolute Gasteiger partial charge is 0.273 e. The van der Waals surface area contributed by atoms with E-state index < -0.39 is 0 Å². The Morgan fingerprint density at radius 1 is 1.53 bits per heavy atom. The van der Waals surface area contributed by atoms with Crippen LogP contribution < -0.4 is 5.43 Å². The Morgan fingerprint density at radius 2 is 2.32 bits per heavy atom. The molecule has 2 heterocycles. The summed E-state index contributed by atoms with van der Waals surface area (Å²) in [6.07, 6.45) is 0.242. The first-order valence-corrected chi connectivity index (χ1v) is 7.62. The van der Waals surface area contributed by atoms with Gasteiger partial charge < -0.3 is 0 Å². The van der Waals surface area contributed by atoms with Crippen molar-refractivity contribution >= 4 is 45.9 Å². The number of thiazole rings is 1. The van der Waals surface area contributed by atoms with E-state index in [-0.39, 0.29) is 12.3 Å². The van der Waals surface area contributed by atoms with Crippen LogP contribution in [0.15, 0.2) is 22.6 Å². The molecule has 0 aliphatic carbocycles. The van der Waals surface area contributed by atoms with Gasteiger partial charge in [0.25, 0.3) is 0 Å². The summed E-state index contributed by atoms with van der Waals surface area (Å²) in [6.45, 7) is 3.74. The maximum absolute atomic E-state index is 11.7. The van der Waals surface area contributed by atoms with Crippen molar-refractivity contribution in [1.29, 1.82) is 0 Å². The smallest absolute Gasteiger partial charge is 0.246 e. The molecular weight excluding hydrogens is 302 g/mol. The molecule has 0 radical (unpaired) electrons. The zero-order chi connectivity index (χ0) is 13.8. The standard InChI is InChI=1S/C12H12ClN3OS2/c1-7(10-3-4-11(13)19-10)15-16-12(17)5-9-6-18-8(2)14-9/h3-4,6H,5H2,1-2H3,(H,16,17)/b15-7-. The van der Waals surface area contributed by atoms with Crippen LogP contribution in [0.4, 0.5) is 0 Å². The van der Waals surface area contributed by atoms with E-state index in [1.165, 1.54) is 22.7 Å². The third kappa shape index (κ3) is 4.12. The number of carbonyl (C=O) groups excluding carboxylic acids is 1. The molecule has 0 fully saturated rings. The van der Waals surface area contributed by atoms with E-state index >= 15 is 0 Å². The Morgan fingerprint density at radius 3 is 2.89 bits per heavy atom. The summed E-state index contributed by atoms with van der Waals surface area (Å²) in [5.41, 5.74) is 4.03. The van der Waals surface area contributed by atoms with Gasteiger partial charge in [0.1, 0.15) is 0 Å². The molecule has 0 bridgehead atoms. The summed E-state index contributed by atoms with van der Waals surface area (Å²) in [7, 11) is 0. The van der Waals surface area contributed by atoms with Gasteiger partial charge in [-0.2, -0.15) is 5.10 Å². The van der Waals surface area contributed by atoms with Gasteiger partial charge in [-0.3, -0.25) is 4.79 Å². The molecule has 0 aliphatic heterocycles. The van der Waals surface area contributed by atoms with Gasteiger partial charge in [-0.05, 0) is 26.0 Å². The fourth-order valence-corrected chi connectivity index (χ4v) is 3.00. The maximum Gasteiger partial charge on any atom is 0.246 e. The van der Waals surface area contributed by atoms with Crippen LogP contribution in [0.5, 0.6) is 0 Å². The number of halogens is 1. The molecule has 0 atom stereocenters. The first-order chi connectivity index (χ1) is 9.04. The van der Waals surface area contributed by atoms with E-state index in [9.17, 15) is 4.79 Å². The van der Waals surface area contributed by atoms with Gasteiger partial charge >= 0.3 is 0 Å². The minimum atomic E-state index is -0.174. The summed E-state index contributed by atoms with van der Waals surface area (Å²) in [5.74, 6) is -0.174. The van der Waals surface area contributed by atoms with Gasteiger partial charge in [0.2, 0.25) is 5.91 Å². The quantitative estimate of drug-likeness (QED) is 0.696. The van der Waals surface area contributed by atoms with Crippen molar-refractivity contribution in [3.63, 3.8) is 0 Å². The molecular formula is C12H12ClN3OS2. The summed E-state index contributed by atoms with van der Waals surface area (Å²) in [5, 5.41) is 6.89. The van der Waals surface area contributed by atoms with Crippen molar-refractivity contribution in [1.82, 2.24) is 10.4 Å². The van der Waals surface area contributed by atoms with Crippen LogP contribution in [0, 0.1) is 6.92 Å². The monoisotopic (exact) mass is 313 g/mol. The van der Waals surface area contributed by atoms with Crippen LogP contribution in [-0.2, 0) is 11.2 Å². The van der Waals surface area contributed by atoms with E-state index in [0.717, 1.165) is 21.3 Å². The second-order valence-electron chi connectivity index (χ2n) is 3.87. The average Bonchev–Trinajstić information content (AvgIpc) is 2.95. The molecule has 19 heavy (non-hydrogen) atoms. The lowest BCUT2D eigenvalue weighted by molar-refractivity contribution is -0.120. The zero-order valence-electron chi connectivity index (χ0n) is 10.4. The summed E-state index contributed by atoms with van der Waals surface area (Å²) in [6, 6.07) is 3.68. The van der Waals surface area contributed by atoms with Gasteiger partial charge in [-0.25, -0.2) is 10.4 Å². The Balaban J connectivity index is 1.92. The van der Waals surface area contributed by atoms with Crippen molar-refractivity contribution in [3.8, 4) is 0 Å². The number of aromatic nitrogens is 1. The van der Waals surface area contributed by atoms with Crippen molar-refractivity contribution in [2.45, 2.75) is 20.3 Å². The topological polar surface area (TPSA) is 54.4 Å². The Hall–Kier alpha value is -1.24. The second-order valence-corrected chi connectivity index (χ2v) is 6.65. The van der Waals surface area contributed by atoms with Crippen LogP contribution >= 0.6 is 34.3 Å². The van der Waals surface area contributed by atoms with Gasteiger partial charge in [-0.1, -0.05) is 11.6 Å². The first kappa shape index (κ1) is 14.2. The van der Waals surface area contributed by atoms with Gasteiger partial charge in [0, 0.05) is 5.38 Å². The van der Waals surface area contributed by atoms with Crippen molar-refractivity contribution in [2.75, 3.05) is 0 Å². The normalized spacial score (nSPS) is 11.6. The van der Waals surface area contributed by atoms with Crippen LogP contribution in [0.25, 0.3) is 0 Å². The molecule has 0 saturated heterocycles. The Labute approximate surface area is 124 Å². The predicted molar refractivity (Wildman–Crippen MR) is 80.2 cm³/mol. The van der Waals surface area contributed by atoms with Crippen molar-refractivity contribution in [3.05, 3.63) is 37.4 Å². The number of amides is 1. The molecule has 100 valence electrons. The van der Waals surface area contributed by atoms with Crippen molar-refractivity contribution < 1.29 is 4.79 Å². The molecule has 0 spiro atoms. The number of nitrogens with one attached hydrogen (secondary N) is 1. The molecule has 0 aromatic carbocycles. The summed E-state index contributed by atoms with van der Waals surface area (Å²) in [4.78, 5) is 16.9. The molecule has 1 N–H and O–H groups in total. The number of rotatable bonds is 4. The van der Waals surface area contributed by atoms with Crippen molar-refractivity contribution in [2.24, 2.45) is 5.10 Å². The zero-order valence-corrected chi connectivity index (χ0v) is 12.8. The van der Waals surface area contributed by atoms with Gasteiger partial charge in [0.05, 0.1) is 32.0 Å². The number of aryl methyl sites for hydroxylation is 1. The fourth-order valence-electron chi connectivity index (χ4n) is 1.40. The molecule has 2 aromatic heterocycles. The average molecular weight is 314 g/mol. The number of thiophene rings is 1. The molecule has 7 heteroatoms. The van der Waals surface area contributed by atoms with E-state index in [4.69, 9.17) is 11.6 Å². The highest BCUT2D eigenvalue weighted by molar-refractivity contribution is 7.18. The predicted octanol–water partition coefficient (Wildman–Crippen LogP) is 3.25. The maximum atomic E-state index is 11.7. The molecule has 4 nitrogen and oxygen atoms in total. The number of nitrogens with zero attached hydrogens (tertiary/aromatic N) is 2. The van der Waals surface area contributed by atoms with Crippen LogP contribution in [0.2, 0.25) is 4.34 Å². The summed E-state index contributed by atoms with van der Waals surface area (Å²) >= 11 is 8.80. The van der Waals surface area contributed by atoms with E-state index in [2.05, 4.69) is 15.5 Å². The third-order valence-electron chi connectivity index (χ3n) is 2.29. The molecule has 2 aromatic rings. The number of carbonyl (C=O) groups is 1. The van der Waals surface area contributed by atoms with Gasteiger partial charge in [-0.15, -0.1) is 22.7 Å². The molecule has 0 aliphatic rings. The molecule has 0 saturated carbocycles. The number of hydrogen-bond acceptors (Lipinski definition) is 5.